The van der Waals surface area contributed by atoms with Gasteiger partial charge in [0.25, 0.3) is 11.5 Å². The van der Waals surface area contributed by atoms with E-state index in [0.29, 0.717) is 36.4 Å². The lowest BCUT2D eigenvalue weighted by atomic mass is 10.1. The van der Waals surface area contributed by atoms with Crippen LogP contribution in [0.15, 0.2) is 35.5 Å². The number of esters is 1. The van der Waals surface area contributed by atoms with Crippen LogP contribution in [-0.4, -0.2) is 62.2 Å². The maximum absolute atomic E-state index is 13.3. The number of ether oxygens (including phenoxy) is 2. The van der Waals surface area contributed by atoms with Crippen molar-refractivity contribution in [2.24, 2.45) is 0 Å². The van der Waals surface area contributed by atoms with Crippen molar-refractivity contribution in [3.8, 4) is 5.75 Å². The van der Waals surface area contributed by atoms with Crippen LogP contribution in [0, 0.1) is 0 Å². The third-order valence-electron chi connectivity index (χ3n) is 6.38. The number of rotatable bonds is 4. The molecule has 0 N–H and O–H groups in total. The summed E-state index contributed by atoms with van der Waals surface area (Å²) in [6.45, 7) is 0.916. The van der Waals surface area contributed by atoms with Crippen LogP contribution >= 0.6 is 0 Å². The number of hydrogen-bond donors (Lipinski definition) is 0. The Morgan fingerprint density at radius 3 is 2.76 bits per heavy atom. The number of hydrogen-bond acceptors (Lipinski definition) is 7. The standard InChI is InChI=1S/C23H25N5O5/c1-32-23(31)20-17-7-10-26(22(30)16-14-25-28-9-4-8-24-21(16)28)11-12-27(17)19(29)13-18(20)33-15-5-2-3-6-15/h4,8-9,13-15H,2-3,5-7,10-12H2,1H3. The summed E-state index contributed by atoms with van der Waals surface area (Å²) in [5, 5.41) is 4.19. The van der Waals surface area contributed by atoms with E-state index >= 15 is 0 Å². The predicted molar refractivity (Wildman–Crippen MR) is 118 cm³/mol. The number of carbonyl (C=O) groups is 2. The van der Waals surface area contributed by atoms with E-state index in [4.69, 9.17) is 9.47 Å². The number of carbonyl (C=O) groups excluding carboxylic acids is 2. The third-order valence-corrected chi connectivity index (χ3v) is 6.38. The predicted octanol–water partition coefficient (Wildman–Crippen LogP) is 1.70. The molecule has 4 heterocycles. The van der Waals surface area contributed by atoms with Crippen LogP contribution in [-0.2, 0) is 17.7 Å². The topological polar surface area (TPSA) is 108 Å². The normalized spacial score (nSPS) is 16.5. The maximum atomic E-state index is 13.3. The van der Waals surface area contributed by atoms with Gasteiger partial charge in [0.2, 0.25) is 0 Å². The minimum Gasteiger partial charge on any atom is -0.489 e. The third kappa shape index (κ3) is 3.85. The fraction of sp³-hybridized carbons (Fsp3) is 0.435. The van der Waals surface area contributed by atoms with Gasteiger partial charge in [-0.15, -0.1) is 0 Å². The molecule has 0 spiro atoms. The van der Waals surface area contributed by atoms with Gasteiger partial charge in [0.15, 0.2) is 5.65 Å². The van der Waals surface area contributed by atoms with Gasteiger partial charge in [-0.2, -0.15) is 5.10 Å². The molecule has 0 saturated heterocycles. The summed E-state index contributed by atoms with van der Waals surface area (Å²) in [6, 6.07) is 3.11. The van der Waals surface area contributed by atoms with Gasteiger partial charge in [-0.3, -0.25) is 9.59 Å². The first-order chi connectivity index (χ1) is 16.1. The summed E-state index contributed by atoms with van der Waals surface area (Å²) in [4.78, 5) is 44.9. The lowest BCUT2D eigenvalue weighted by Gasteiger charge is -2.20. The Bertz CT molecular complexity index is 1270. The van der Waals surface area contributed by atoms with Crippen molar-refractivity contribution in [2.75, 3.05) is 20.2 Å². The number of amides is 1. The highest BCUT2D eigenvalue weighted by molar-refractivity contribution is 5.99. The second-order valence-electron chi connectivity index (χ2n) is 8.32. The van der Waals surface area contributed by atoms with E-state index < -0.39 is 5.97 Å². The Hall–Kier alpha value is -3.69. The molecule has 1 saturated carbocycles. The van der Waals surface area contributed by atoms with Crippen molar-refractivity contribution in [2.45, 2.75) is 44.8 Å². The van der Waals surface area contributed by atoms with Crippen molar-refractivity contribution in [3.05, 3.63) is 57.9 Å². The molecule has 0 atom stereocenters. The molecular weight excluding hydrogens is 426 g/mol. The van der Waals surface area contributed by atoms with Gasteiger partial charge in [0, 0.05) is 50.2 Å². The smallest absolute Gasteiger partial charge is 0.343 e. The highest BCUT2D eigenvalue weighted by Gasteiger charge is 2.30. The summed E-state index contributed by atoms with van der Waals surface area (Å²) < 4.78 is 14.2. The van der Waals surface area contributed by atoms with E-state index in [0.717, 1.165) is 25.7 Å². The molecule has 2 aliphatic rings. The lowest BCUT2D eigenvalue weighted by molar-refractivity contribution is 0.0590. The van der Waals surface area contributed by atoms with Gasteiger partial charge in [-0.1, -0.05) is 0 Å². The van der Waals surface area contributed by atoms with Crippen LogP contribution in [0.5, 0.6) is 5.75 Å². The molecule has 33 heavy (non-hydrogen) atoms. The Balaban J connectivity index is 1.47. The molecule has 1 amide bonds. The molecule has 3 aromatic heterocycles. The first kappa shape index (κ1) is 21.2. The van der Waals surface area contributed by atoms with Gasteiger partial charge in [0.05, 0.1) is 19.4 Å². The Morgan fingerprint density at radius 2 is 1.97 bits per heavy atom. The van der Waals surface area contributed by atoms with Crippen molar-refractivity contribution >= 4 is 17.5 Å². The highest BCUT2D eigenvalue weighted by atomic mass is 16.5. The molecule has 3 aromatic rings. The van der Waals surface area contributed by atoms with E-state index in [2.05, 4.69) is 10.1 Å². The molecule has 1 aliphatic carbocycles. The number of aromatic nitrogens is 4. The van der Waals surface area contributed by atoms with Gasteiger partial charge in [-0.05, 0) is 31.7 Å². The SMILES string of the molecule is COC(=O)c1c(OC2CCCC2)cc(=O)n2c1CCN(C(=O)c1cnn3cccnc13)CC2. The van der Waals surface area contributed by atoms with Crippen molar-refractivity contribution in [1.29, 1.82) is 0 Å². The molecule has 172 valence electrons. The van der Waals surface area contributed by atoms with E-state index in [1.54, 1.807) is 32.4 Å². The molecule has 1 fully saturated rings. The zero-order chi connectivity index (χ0) is 22.9. The minimum atomic E-state index is -0.543. The summed E-state index contributed by atoms with van der Waals surface area (Å²) >= 11 is 0. The van der Waals surface area contributed by atoms with E-state index in [-0.39, 0.29) is 35.4 Å². The average Bonchev–Trinajstić information content (AvgIpc) is 3.43. The number of nitrogens with zero attached hydrogens (tertiary/aromatic N) is 5. The highest BCUT2D eigenvalue weighted by Crippen LogP contribution is 2.29. The summed E-state index contributed by atoms with van der Waals surface area (Å²) in [7, 11) is 1.31. The molecule has 0 radical (unpaired) electrons. The molecule has 5 rings (SSSR count). The molecule has 1 aliphatic heterocycles. The monoisotopic (exact) mass is 451 g/mol. The summed E-state index contributed by atoms with van der Waals surface area (Å²) in [6.07, 6.45) is 9.08. The lowest BCUT2D eigenvalue weighted by Crippen LogP contribution is -2.34. The summed E-state index contributed by atoms with van der Waals surface area (Å²) in [5.74, 6) is -0.485. The summed E-state index contributed by atoms with van der Waals surface area (Å²) in [5.41, 5.74) is 1.43. The van der Waals surface area contributed by atoms with Crippen LogP contribution < -0.4 is 10.3 Å². The number of methoxy groups -OCH3 is 1. The van der Waals surface area contributed by atoms with Gasteiger partial charge in [-0.25, -0.2) is 14.3 Å². The van der Waals surface area contributed by atoms with Crippen LogP contribution in [0.1, 0.15) is 52.1 Å². The fourth-order valence-electron chi connectivity index (χ4n) is 4.70. The molecule has 10 heteroatoms. The molecule has 0 bridgehead atoms. The number of fused-ring (bicyclic) bond motifs is 2. The molecular formula is C23H25N5O5. The van der Waals surface area contributed by atoms with Crippen LogP contribution in [0.3, 0.4) is 0 Å². The second-order valence-corrected chi connectivity index (χ2v) is 8.32. The zero-order valence-corrected chi connectivity index (χ0v) is 18.4. The van der Waals surface area contributed by atoms with Crippen molar-refractivity contribution in [3.63, 3.8) is 0 Å². The first-order valence-corrected chi connectivity index (χ1v) is 11.2. The second kappa shape index (κ2) is 8.68. The zero-order valence-electron chi connectivity index (χ0n) is 18.4. The van der Waals surface area contributed by atoms with Gasteiger partial charge in [0.1, 0.15) is 16.9 Å². The van der Waals surface area contributed by atoms with Crippen molar-refractivity contribution in [1.82, 2.24) is 24.1 Å². The average molecular weight is 451 g/mol. The quantitative estimate of drug-likeness (QED) is 0.556. The first-order valence-electron chi connectivity index (χ1n) is 11.2. The Morgan fingerprint density at radius 1 is 1.15 bits per heavy atom. The Kier molecular flexibility index (Phi) is 5.57. The van der Waals surface area contributed by atoms with E-state index in [9.17, 15) is 14.4 Å². The minimum absolute atomic E-state index is 0.0113. The number of pyridine rings is 1. The fourth-order valence-corrected chi connectivity index (χ4v) is 4.70. The van der Waals surface area contributed by atoms with Gasteiger partial charge < -0.3 is 18.9 Å². The molecule has 0 aromatic carbocycles. The molecule has 10 nitrogen and oxygen atoms in total. The van der Waals surface area contributed by atoms with Crippen LogP contribution in [0.2, 0.25) is 0 Å². The Labute approximate surface area is 189 Å². The van der Waals surface area contributed by atoms with Crippen molar-refractivity contribution < 1.29 is 19.1 Å². The van der Waals surface area contributed by atoms with Crippen LogP contribution in [0.4, 0.5) is 0 Å². The maximum Gasteiger partial charge on any atom is 0.343 e. The van der Waals surface area contributed by atoms with Crippen LogP contribution in [0.25, 0.3) is 5.65 Å². The van der Waals surface area contributed by atoms with E-state index in [1.165, 1.54) is 19.4 Å². The largest absolute Gasteiger partial charge is 0.489 e. The molecule has 0 unspecified atom stereocenters. The van der Waals surface area contributed by atoms with Gasteiger partial charge >= 0.3 is 5.97 Å². The van der Waals surface area contributed by atoms with E-state index in [1.807, 2.05) is 0 Å².